The summed E-state index contributed by atoms with van der Waals surface area (Å²) in [6, 6.07) is 60.5. The van der Waals surface area contributed by atoms with E-state index in [1.165, 1.54) is 0 Å². The summed E-state index contributed by atoms with van der Waals surface area (Å²) in [5, 5.41) is 3.21. The second-order valence-electron chi connectivity index (χ2n) is 16.0. The maximum atomic E-state index is 7.42. The van der Waals surface area contributed by atoms with E-state index >= 15 is 0 Å². The SMILES string of the molecule is [B]c1c([B])c([B])c2c(c1[B])c1c([B])c(-c3ccc4c(c3)c3cccc(-c5ccccc5)c3n4-c3ccccc3-c3ccccc3)c([B])c([B])c1n2-c1cccc(-c2ccccc2)c1. The van der Waals surface area contributed by atoms with Crippen LogP contribution >= 0.6 is 0 Å². The third kappa shape index (κ3) is 5.97. The fraction of sp³-hybridized carbons (Fsp3) is 0. The Bertz CT molecular complexity index is 3630. The van der Waals surface area contributed by atoms with Gasteiger partial charge >= 0.3 is 0 Å². The Morgan fingerprint density at radius 3 is 1.54 bits per heavy atom. The first-order valence-electron chi connectivity index (χ1n) is 20.7. The Labute approximate surface area is 375 Å². The van der Waals surface area contributed by atoms with Gasteiger partial charge in [0, 0.05) is 44.0 Å². The Hall–Kier alpha value is -6.97. The van der Waals surface area contributed by atoms with E-state index in [4.69, 9.17) is 54.9 Å². The number of rotatable bonds is 6. The van der Waals surface area contributed by atoms with E-state index in [-0.39, 0.29) is 21.9 Å². The first-order chi connectivity index (χ1) is 30.7. The molecular formula is C54H29B7N2. The van der Waals surface area contributed by atoms with Crippen molar-refractivity contribution in [2.75, 3.05) is 0 Å². The Morgan fingerprint density at radius 2 is 0.841 bits per heavy atom. The average Bonchev–Trinajstić information content (AvgIpc) is 3.87. The Kier molecular flexibility index (Phi) is 9.35. The van der Waals surface area contributed by atoms with E-state index in [0.29, 0.717) is 43.8 Å². The molecule has 11 aromatic rings. The van der Waals surface area contributed by atoms with Gasteiger partial charge in [0.25, 0.3) is 0 Å². The number of hydrogen-bond acceptors (Lipinski definition) is 0. The van der Waals surface area contributed by atoms with Crippen molar-refractivity contribution in [2.45, 2.75) is 0 Å². The highest BCUT2D eigenvalue weighted by Crippen LogP contribution is 2.42. The van der Waals surface area contributed by atoms with Gasteiger partial charge < -0.3 is 9.13 Å². The molecule has 0 saturated carbocycles. The second-order valence-corrected chi connectivity index (χ2v) is 16.0. The van der Waals surface area contributed by atoms with Crippen LogP contribution in [0.3, 0.4) is 0 Å². The average molecular weight is 782 g/mol. The maximum absolute atomic E-state index is 7.42. The molecule has 0 bridgehead atoms. The molecule has 2 nitrogen and oxygen atoms in total. The van der Waals surface area contributed by atoms with Gasteiger partial charge in [-0.05, 0) is 69.1 Å². The molecule has 276 valence electrons. The minimum atomic E-state index is 0.174. The first-order valence-corrected chi connectivity index (χ1v) is 20.7. The Morgan fingerprint density at radius 1 is 0.302 bits per heavy atom. The molecule has 63 heavy (non-hydrogen) atoms. The van der Waals surface area contributed by atoms with Gasteiger partial charge in [0.2, 0.25) is 0 Å². The van der Waals surface area contributed by atoms with E-state index in [1.807, 2.05) is 47.0 Å². The van der Waals surface area contributed by atoms with Crippen LogP contribution < -0.4 is 38.2 Å². The van der Waals surface area contributed by atoms with Crippen LogP contribution in [0.5, 0.6) is 0 Å². The van der Waals surface area contributed by atoms with Gasteiger partial charge in [0.05, 0.1) is 16.7 Å². The second kappa shape index (κ2) is 15.1. The fourth-order valence-electron chi connectivity index (χ4n) is 9.57. The van der Waals surface area contributed by atoms with Gasteiger partial charge in [-0.1, -0.05) is 173 Å². The van der Waals surface area contributed by atoms with Gasteiger partial charge in [-0.25, -0.2) is 0 Å². The molecule has 0 spiro atoms. The van der Waals surface area contributed by atoms with Crippen molar-refractivity contribution >= 4 is 137 Å². The molecule has 0 saturated heterocycles. The highest BCUT2D eigenvalue weighted by Gasteiger charge is 2.25. The molecule has 9 heteroatoms. The molecule has 9 aromatic carbocycles. The van der Waals surface area contributed by atoms with Crippen molar-refractivity contribution in [1.82, 2.24) is 9.13 Å². The highest BCUT2D eigenvalue weighted by molar-refractivity contribution is 6.69. The van der Waals surface area contributed by atoms with Crippen LogP contribution in [0.2, 0.25) is 0 Å². The lowest BCUT2D eigenvalue weighted by molar-refractivity contribution is 1.18. The molecule has 2 aromatic heterocycles. The van der Waals surface area contributed by atoms with E-state index in [9.17, 15) is 0 Å². The summed E-state index contributed by atoms with van der Waals surface area (Å²) in [5.41, 5.74) is 14.7. The van der Waals surface area contributed by atoms with Gasteiger partial charge in [-0.15, -0.1) is 10.9 Å². The third-order valence-electron chi connectivity index (χ3n) is 12.5. The summed E-state index contributed by atoms with van der Waals surface area (Å²) in [5.74, 6) is 0. The lowest BCUT2D eigenvalue weighted by Crippen LogP contribution is -2.48. The predicted octanol–water partition coefficient (Wildman–Crippen LogP) is 6.11. The number of hydrogen-bond donors (Lipinski definition) is 0. The van der Waals surface area contributed by atoms with Crippen LogP contribution in [0, 0.1) is 0 Å². The van der Waals surface area contributed by atoms with Crippen LogP contribution in [0.1, 0.15) is 0 Å². The smallest absolute Gasteiger partial charge is 0.115 e. The number of nitrogens with zero attached hydrogens (tertiary/aromatic N) is 2. The molecule has 0 N–H and O–H groups in total. The van der Waals surface area contributed by atoms with Gasteiger partial charge in [-0.2, -0.15) is 0 Å². The third-order valence-corrected chi connectivity index (χ3v) is 12.5. The van der Waals surface area contributed by atoms with E-state index < -0.39 is 0 Å². The monoisotopic (exact) mass is 782 g/mol. The maximum Gasteiger partial charge on any atom is 0.115 e. The quantitative estimate of drug-likeness (QED) is 0.181. The van der Waals surface area contributed by atoms with Crippen LogP contribution in [0.25, 0.3) is 99.5 Å². The number of aromatic nitrogens is 2. The normalized spacial score (nSPS) is 11.6. The summed E-state index contributed by atoms with van der Waals surface area (Å²) < 4.78 is 4.33. The van der Waals surface area contributed by atoms with Crippen molar-refractivity contribution < 1.29 is 0 Å². The Balaban J connectivity index is 1.22. The molecule has 0 aliphatic rings. The topological polar surface area (TPSA) is 9.86 Å². The van der Waals surface area contributed by atoms with Crippen LogP contribution in [0.15, 0.2) is 176 Å². The van der Waals surface area contributed by atoms with Crippen molar-refractivity contribution in [2.24, 2.45) is 0 Å². The molecule has 0 aliphatic carbocycles. The van der Waals surface area contributed by atoms with Crippen LogP contribution in [-0.4, -0.2) is 64.1 Å². The van der Waals surface area contributed by atoms with E-state index in [0.717, 1.165) is 72.1 Å². The standard InChI is InChI=1S/C54H29B7N2/c55-45-42(46(56)50(60)53-43(45)44-47(57)48(58)49(59)51(61)54(44)62(53)35-21-12-20-33(28-35)30-14-4-1-5-15-30)34-26-27-41-39(29-34)38-24-13-23-37(32-18-8-3-9-19-32)52(38)63(41)40-25-11-10-22-36(40)31-16-6-2-7-17-31/h1-29H. The molecule has 14 radical (unpaired) electrons. The van der Waals surface area contributed by atoms with Crippen molar-refractivity contribution in [3.63, 3.8) is 0 Å². The first kappa shape index (κ1) is 38.9. The minimum Gasteiger partial charge on any atom is -0.311 e. The minimum absolute atomic E-state index is 0.174. The summed E-state index contributed by atoms with van der Waals surface area (Å²) in [7, 11) is 48.8. The molecular weight excluding hydrogens is 752 g/mol. The zero-order chi connectivity index (χ0) is 43.1. The zero-order valence-corrected chi connectivity index (χ0v) is 34.2. The van der Waals surface area contributed by atoms with Crippen molar-refractivity contribution in [3.05, 3.63) is 176 Å². The molecule has 0 fully saturated rings. The predicted molar refractivity (Wildman–Crippen MR) is 275 cm³/mol. The lowest BCUT2D eigenvalue weighted by atomic mass is 9.64. The summed E-state index contributed by atoms with van der Waals surface area (Å²) in [6.45, 7) is 0. The van der Waals surface area contributed by atoms with E-state index in [1.54, 1.807) is 0 Å². The molecule has 0 unspecified atom stereocenters. The van der Waals surface area contributed by atoms with Crippen molar-refractivity contribution in [1.29, 1.82) is 0 Å². The molecule has 11 rings (SSSR count). The highest BCUT2D eigenvalue weighted by atomic mass is 15.0. The van der Waals surface area contributed by atoms with Crippen LogP contribution in [0.4, 0.5) is 0 Å². The summed E-state index contributed by atoms with van der Waals surface area (Å²) in [6.07, 6.45) is 0. The van der Waals surface area contributed by atoms with Gasteiger partial charge in [0.15, 0.2) is 0 Å². The number of benzene rings is 9. The van der Waals surface area contributed by atoms with Gasteiger partial charge in [0.1, 0.15) is 54.9 Å². The molecule has 0 amide bonds. The number of fused-ring (bicyclic) bond motifs is 6. The molecule has 2 heterocycles. The van der Waals surface area contributed by atoms with E-state index in [2.05, 4.69) is 138 Å². The fourth-order valence-corrected chi connectivity index (χ4v) is 9.57. The summed E-state index contributed by atoms with van der Waals surface area (Å²) >= 11 is 0. The number of para-hydroxylation sites is 2. The molecule has 0 atom stereocenters. The van der Waals surface area contributed by atoms with Gasteiger partial charge in [-0.3, -0.25) is 0 Å². The molecule has 0 aliphatic heterocycles. The zero-order valence-electron chi connectivity index (χ0n) is 34.2. The van der Waals surface area contributed by atoms with Crippen molar-refractivity contribution in [3.8, 4) is 55.9 Å². The largest absolute Gasteiger partial charge is 0.311 e. The lowest BCUT2D eigenvalue weighted by Gasteiger charge is -2.20. The summed E-state index contributed by atoms with van der Waals surface area (Å²) in [4.78, 5) is 0. The van der Waals surface area contributed by atoms with Crippen LogP contribution in [-0.2, 0) is 0 Å².